The van der Waals surface area contributed by atoms with E-state index in [0.29, 0.717) is 18.1 Å². The van der Waals surface area contributed by atoms with Crippen molar-refractivity contribution in [2.24, 2.45) is 10.9 Å². The van der Waals surface area contributed by atoms with Gasteiger partial charge in [-0.15, -0.1) is 0 Å². The number of para-hydroxylation sites is 1. The predicted octanol–water partition coefficient (Wildman–Crippen LogP) is 0.173. The Morgan fingerprint density at radius 2 is 1.92 bits per heavy atom. The maximum absolute atomic E-state index is 12.7. The summed E-state index contributed by atoms with van der Waals surface area (Å²) in [4.78, 5) is 35.2. The third-order valence-corrected chi connectivity index (χ3v) is 4.51. The van der Waals surface area contributed by atoms with Crippen LogP contribution in [0.25, 0.3) is 0 Å². The monoisotopic (exact) mass is 341 g/mol. The Labute approximate surface area is 146 Å². The highest BCUT2D eigenvalue weighted by Gasteiger charge is 2.50. The van der Waals surface area contributed by atoms with Crippen LogP contribution in [-0.4, -0.2) is 54.5 Å². The smallest absolute Gasteiger partial charge is 0.417 e. The molecule has 0 bridgehead atoms. The van der Waals surface area contributed by atoms with Crippen LogP contribution in [0.5, 0.6) is 5.75 Å². The molecule has 3 rings (SSSR count). The number of amides is 3. The second-order valence-electron chi connectivity index (χ2n) is 6.04. The van der Waals surface area contributed by atoms with Gasteiger partial charge in [0.05, 0.1) is 32.6 Å². The molecule has 0 aliphatic carbocycles. The zero-order chi connectivity index (χ0) is 18.1. The molecule has 1 N–H and O–H groups in total. The van der Waals surface area contributed by atoms with Crippen molar-refractivity contribution in [1.29, 1.82) is 0 Å². The molecule has 1 aromatic rings. The number of carbonyl (C=O) groups is 2. The summed E-state index contributed by atoms with van der Waals surface area (Å²) in [5.74, 6) is 0.410. The molecule has 7 heteroatoms. The topological polar surface area (TPSA) is 76.2 Å². The fourth-order valence-electron chi connectivity index (χ4n) is 3.06. The highest BCUT2D eigenvalue weighted by molar-refractivity contribution is 6.31. The first-order valence-corrected chi connectivity index (χ1v) is 7.97. The molecule has 0 aromatic heterocycles. The van der Waals surface area contributed by atoms with Crippen LogP contribution in [0.1, 0.15) is 12.5 Å². The third kappa shape index (κ3) is 2.82. The first-order valence-electron chi connectivity index (χ1n) is 7.97. The number of rotatable bonds is 3. The van der Waals surface area contributed by atoms with Crippen LogP contribution in [0.3, 0.4) is 0 Å². The summed E-state index contributed by atoms with van der Waals surface area (Å²) in [6, 6.07) is 7.28. The number of methoxy groups -OCH3 is 1. The molecule has 2 aliphatic rings. The Morgan fingerprint density at radius 1 is 1.20 bits per heavy atom. The number of nitrogens with zero attached hydrogens (tertiary/aromatic N) is 3. The maximum Gasteiger partial charge on any atom is 0.417 e. The van der Waals surface area contributed by atoms with Crippen molar-refractivity contribution < 1.29 is 19.3 Å². The van der Waals surface area contributed by atoms with E-state index in [0.717, 1.165) is 21.8 Å². The lowest BCUT2D eigenvalue weighted by Gasteiger charge is -2.32. The molecule has 130 valence electrons. The van der Waals surface area contributed by atoms with Crippen molar-refractivity contribution in [1.82, 2.24) is 9.80 Å². The highest BCUT2D eigenvalue weighted by atomic mass is 16.5. The van der Waals surface area contributed by atoms with Gasteiger partial charge in [0, 0.05) is 18.2 Å². The fraction of sp³-hybridized carbons (Fsp3) is 0.333. The minimum atomic E-state index is -0.604. The number of carbonyl (C=O) groups excluding carboxylic acids is 2. The largest absolute Gasteiger partial charge is 0.496 e. The van der Waals surface area contributed by atoms with Gasteiger partial charge in [-0.2, -0.15) is 4.90 Å². The van der Waals surface area contributed by atoms with E-state index in [9.17, 15) is 9.59 Å². The standard InChI is InChI=1S/C18H20N4O3/c1-11-9-20-16-14(17(23)22(3)18(24)21(16)2)15(11)19-10-12-7-5-6-8-13(12)25-4/h5-9,14H,10H2,1-4H3/p+1. The van der Waals surface area contributed by atoms with Crippen LogP contribution in [0, 0.1) is 5.92 Å². The average molecular weight is 341 g/mol. The number of allylic oxidation sites excluding steroid dienone is 1. The van der Waals surface area contributed by atoms with Crippen molar-refractivity contribution in [2.75, 3.05) is 21.2 Å². The summed E-state index contributed by atoms with van der Waals surface area (Å²) in [7, 11) is 4.75. The minimum Gasteiger partial charge on any atom is -0.496 e. The maximum atomic E-state index is 12.7. The van der Waals surface area contributed by atoms with Crippen molar-refractivity contribution in [3.63, 3.8) is 0 Å². The van der Waals surface area contributed by atoms with Crippen LogP contribution in [0.2, 0.25) is 0 Å². The third-order valence-electron chi connectivity index (χ3n) is 4.51. The number of aliphatic imine (C=N–C) groups is 1. The number of urea groups is 1. The normalized spacial score (nSPS) is 21.9. The molecule has 1 atom stereocenters. The van der Waals surface area contributed by atoms with Gasteiger partial charge >= 0.3 is 6.03 Å². The van der Waals surface area contributed by atoms with Crippen molar-refractivity contribution in [3.8, 4) is 5.75 Å². The SMILES string of the molecule is COc1ccccc1CN=C1C(C)=C[NH+]=C2C1C(=O)N(C)C(=O)N2C. The van der Waals surface area contributed by atoms with E-state index < -0.39 is 5.92 Å². The molecule has 1 fully saturated rings. The number of fused-ring (bicyclic) bond motifs is 1. The lowest BCUT2D eigenvalue weighted by Crippen LogP contribution is -2.80. The molecule has 1 aromatic carbocycles. The summed E-state index contributed by atoms with van der Waals surface area (Å²) in [6.45, 7) is 2.29. The van der Waals surface area contributed by atoms with E-state index in [4.69, 9.17) is 9.73 Å². The summed E-state index contributed by atoms with van der Waals surface area (Å²) >= 11 is 0. The summed E-state index contributed by atoms with van der Waals surface area (Å²) in [5, 5.41) is 0. The molecular formula is C18H21N4O3+. The summed E-state index contributed by atoms with van der Waals surface area (Å²) in [6.07, 6.45) is 1.77. The zero-order valence-corrected chi connectivity index (χ0v) is 14.7. The van der Waals surface area contributed by atoms with Crippen molar-refractivity contribution >= 4 is 23.5 Å². The Kier molecular flexibility index (Phi) is 4.39. The van der Waals surface area contributed by atoms with Crippen molar-refractivity contribution in [3.05, 3.63) is 41.6 Å². The van der Waals surface area contributed by atoms with Gasteiger partial charge in [0.15, 0.2) is 5.92 Å². The van der Waals surface area contributed by atoms with Crippen molar-refractivity contribution in [2.45, 2.75) is 13.5 Å². The molecule has 2 aliphatic heterocycles. The molecule has 1 unspecified atom stereocenters. The van der Waals surface area contributed by atoms with Gasteiger partial charge in [0.1, 0.15) is 5.75 Å². The van der Waals surface area contributed by atoms with Crippen LogP contribution in [0.15, 0.2) is 41.0 Å². The highest BCUT2D eigenvalue weighted by Crippen LogP contribution is 2.23. The molecule has 7 nitrogen and oxygen atoms in total. The zero-order valence-electron chi connectivity index (χ0n) is 14.7. The fourth-order valence-corrected chi connectivity index (χ4v) is 3.06. The molecule has 2 heterocycles. The molecule has 25 heavy (non-hydrogen) atoms. The van der Waals surface area contributed by atoms with E-state index in [2.05, 4.69) is 4.99 Å². The number of hydrogen-bond donors (Lipinski definition) is 1. The number of benzene rings is 1. The van der Waals surface area contributed by atoms with Gasteiger partial charge in [-0.05, 0) is 13.0 Å². The van der Waals surface area contributed by atoms with Gasteiger partial charge in [-0.1, -0.05) is 18.2 Å². The molecule has 1 saturated heterocycles. The second-order valence-corrected chi connectivity index (χ2v) is 6.04. The van der Waals surface area contributed by atoms with Gasteiger partial charge < -0.3 is 4.74 Å². The lowest BCUT2D eigenvalue weighted by atomic mass is 9.91. The molecular weight excluding hydrogens is 320 g/mol. The van der Waals surface area contributed by atoms with Gasteiger partial charge in [-0.25, -0.2) is 14.7 Å². The Bertz CT molecular complexity index is 825. The molecule has 0 spiro atoms. The van der Waals surface area contributed by atoms with E-state index in [1.165, 1.54) is 11.9 Å². The first kappa shape index (κ1) is 16.9. The van der Waals surface area contributed by atoms with Crippen LogP contribution < -0.4 is 9.73 Å². The van der Waals surface area contributed by atoms with E-state index in [1.54, 1.807) is 20.4 Å². The van der Waals surface area contributed by atoms with E-state index in [-0.39, 0.29) is 11.9 Å². The first-order chi connectivity index (χ1) is 12.0. The molecule has 0 saturated carbocycles. The number of imide groups is 1. The van der Waals surface area contributed by atoms with Gasteiger partial charge in [0.25, 0.3) is 11.7 Å². The van der Waals surface area contributed by atoms with E-state index >= 15 is 0 Å². The van der Waals surface area contributed by atoms with Gasteiger partial charge in [-0.3, -0.25) is 9.79 Å². The minimum absolute atomic E-state index is 0.281. The Balaban J connectivity index is 1.98. The van der Waals surface area contributed by atoms with E-state index in [1.807, 2.05) is 31.2 Å². The number of amidine groups is 1. The summed E-state index contributed by atoms with van der Waals surface area (Å²) < 4.78 is 5.36. The summed E-state index contributed by atoms with van der Waals surface area (Å²) in [5.41, 5.74) is 2.47. The quantitative estimate of drug-likeness (QED) is 0.852. The lowest BCUT2D eigenvalue weighted by molar-refractivity contribution is -0.383. The second kappa shape index (κ2) is 6.51. The average Bonchev–Trinajstić information content (AvgIpc) is 2.63. The number of nitrogens with one attached hydrogen (secondary N) is 1. The van der Waals surface area contributed by atoms with Gasteiger partial charge in [0.2, 0.25) is 0 Å². The Hall–Kier alpha value is -2.96. The van der Waals surface area contributed by atoms with Crippen LogP contribution in [-0.2, 0) is 11.3 Å². The van der Waals surface area contributed by atoms with Crippen LogP contribution >= 0.6 is 0 Å². The predicted molar refractivity (Wildman–Crippen MR) is 93.3 cm³/mol. The molecule has 3 amide bonds. The Morgan fingerprint density at radius 3 is 2.64 bits per heavy atom. The van der Waals surface area contributed by atoms with Crippen LogP contribution in [0.4, 0.5) is 4.79 Å². The number of ether oxygens (including phenoxy) is 1. The molecule has 0 radical (unpaired) electrons. The number of hydrogen-bond acceptors (Lipinski definition) is 4.